The minimum atomic E-state index is 0.0856. The molecule has 0 aromatic carbocycles. The van der Waals surface area contributed by atoms with Gasteiger partial charge in [-0.15, -0.1) is 0 Å². The Labute approximate surface area is 94.9 Å². The highest BCUT2D eigenvalue weighted by Gasteiger charge is 2.18. The summed E-state index contributed by atoms with van der Waals surface area (Å²) in [6.07, 6.45) is 6.62. The lowest BCUT2D eigenvalue weighted by Gasteiger charge is -2.16. The highest BCUT2D eigenvalue weighted by molar-refractivity contribution is 5.16. The number of rotatable bonds is 5. The zero-order valence-electron chi connectivity index (χ0n) is 9.64. The molecule has 5 heteroatoms. The second-order valence-corrected chi connectivity index (χ2v) is 3.80. The van der Waals surface area contributed by atoms with Gasteiger partial charge in [-0.25, -0.2) is 4.98 Å². The third-order valence-electron chi connectivity index (χ3n) is 2.55. The van der Waals surface area contributed by atoms with E-state index in [-0.39, 0.29) is 6.04 Å². The van der Waals surface area contributed by atoms with E-state index in [0.717, 1.165) is 24.5 Å². The molecule has 0 aliphatic rings. The van der Waals surface area contributed by atoms with E-state index in [1.54, 1.807) is 6.20 Å². The van der Waals surface area contributed by atoms with Crippen molar-refractivity contribution in [2.45, 2.75) is 19.4 Å². The van der Waals surface area contributed by atoms with Gasteiger partial charge in [0.1, 0.15) is 11.9 Å². The fourth-order valence-electron chi connectivity index (χ4n) is 1.71. The standard InChI is InChI=1S/C11H17N5/c1-3-5-12-10(9-4-6-14-15-9)11-13-7-8-16(11)2/h4,6-8,10,12H,3,5H2,1-2H3,(H,14,15). The van der Waals surface area contributed by atoms with Crippen molar-refractivity contribution in [1.29, 1.82) is 0 Å². The lowest BCUT2D eigenvalue weighted by Crippen LogP contribution is -2.26. The molecule has 1 atom stereocenters. The van der Waals surface area contributed by atoms with Crippen molar-refractivity contribution in [1.82, 2.24) is 25.1 Å². The van der Waals surface area contributed by atoms with Crippen LogP contribution in [0.4, 0.5) is 0 Å². The van der Waals surface area contributed by atoms with Crippen molar-refractivity contribution < 1.29 is 0 Å². The number of hydrogen-bond acceptors (Lipinski definition) is 3. The normalized spacial score (nSPS) is 12.9. The first-order valence-electron chi connectivity index (χ1n) is 5.52. The first-order valence-corrected chi connectivity index (χ1v) is 5.52. The fourth-order valence-corrected chi connectivity index (χ4v) is 1.71. The van der Waals surface area contributed by atoms with Crippen molar-refractivity contribution >= 4 is 0 Å². The van der Waals surface area contributed by atoms with Crippen molar-refractivity contribution in [3.8, 4) is 0 Å². The number of aryl methyl sites for hydroxylation is 1. The molecule has 1 unspecified atom stereocenters. The first kappa shape index (κ1) is 10.9. The summed E-state index contributed by atoms with van der Waals surface area (Å²) >= 11 is 0. The average molecular weight is 219 g/mol. The van der Waals surface area contributed by atoms with Crippen LogP contribution in [0.15, 0.2) is 24.7 Å². The summed E-state index contributed by atoms with van der Waals surface area (Å²) in [7, 11) is 2.00. The summed E-state index contributed by atoms with van der Waals surface area (Å²) in [5.41, 5.74) is 1.04. The van der Waals surface area contributed by atoms with Gasteiger partial charge in [-0.05, 0) is 19.0 Å². The second kappa shape index (κ2) is 4.94. The molecule has 0 fully saturated rings. The van der Waals surface area contributed by atoms with Crippen LogP contribution in [0.25, 0.3) is 0 Å². The van der Waals surface area contributed by atoms with Gasteiger partial charge >= 0.3 is 0 Å². The zero-order chi connectivity index (χ0) is 11.4. The summed E-state index contributed by atoms with van der Waals surface area (Å²) in [6.45, 7) is 3.10. The zero-order valence-corrected chi connectivity index (χ0v) is 9.64. The molecule has 2 N–H and O–H groups in total. The maximum atomic E-state index is 4.38. The van der Waals surface area contributed by atoms with Crippen LogP contribution in [0, 0.1) is 0 Å². The van der Waals surface area contributed by atoms with Crippen molar-refractivity contribution in [2.75, 3.05) is 6.54 Å². The molecule has 16 heavy (non-hydrogen) atoms. The molecule has 2 rings (SSSR count). The Bertz CT molecular complexity index is 417. The van der Waals surface area contributed by atoms with E-state index in [0.29, 0.717) is 0 Å². The second-order valence-electron chi connectivity index (χ2n) is 3.80. The summed E-state index contributed by atoms with van der Waals surface area (Å²) in [5, 5.41) is 10.4. The SMILES string of the molecule is CCCNC(c1ccn[nH]1)c1nccn1C. The average Bonchev–Trinajstić information content (AvgIpc) is 2.91. The van der Waals surface area contributed by atoms with Crippen LogP contribution in [0.3, 0.4) is 0 Å². The highest BCUT2D eigenvalue weighted by atomic mass is 15.2. The Morgan fingerprint density at radius 3 is 2.94 bits per heavy atom. The molecule has 2 heterocycles. The third kappa shape index (κ3) is 2.14. The lowest BCUT2D eigenvalue weighted by atomic mass is 10.2. The molecular formula is C11H17N5. The monoisotopic (exact) mass is 219 g/mol. The van der Waals surface area contributed by atoms with Crippen LogP contribution >= 0.6 is 0 Å². The molecule has 86 valence electrons. The molecular weight excluding hydrogens is 202 g/mol. The molecule has 0 spiro atoms. The van der Waals surface area contributed by atoms with Gasteiger partial charge in [0, 0.05) is 25.6 Å². The maximum absolute atomic E-state index is 4.38. The van der Waals surface area contributed by atoms with E-state index in [1.807, 2.05) is 30.1 Å². The van der Waals surface area contributed by atoms with Crippen molar-refractivity contribution in [2.24, 2.45) is 7.05 Å². The predicted molar refractivity (Wildman–Crippen MR) is 61.9 cm³/mol. The van der Waals surface area contributed by atoms with E-state index in [9.17, 15) is 0 Å². The van der Waals surface area contributed by atoms with Crippen LogP contribution < -0.4 is 5.32 Å². The third-order valence-corrected chi connectivity index (χ3v) is 2.55. The molecule has 0 radical (unpaired) electrons. The van der Waals surface area contributed by atoms with Gasteiger partial charge in [-0.1, -0.05) is 6.92 Å². The predicted octanol–water partition coefficient (Wildman–Crippen LogP) is 1.23. The van der Waals surface area contributed by atoms with E-state index in [2.05, 4.69) is 27.4 Å². The largest absolute Gasteiger partial charge is 0.336 e. The lowest BCUT2D eigenvalue weighted by molar-refractivity contribution is 0.544. The number of H-pyrrole nitrogens is 1. The van der Waals surface area contributed by atoms with Gasteiger partial charge < -0.3 is 9.88 Å². The topological polar surface area (TPSA) is 58.5 Å². The van der Waals surface area contributed by atoms with E-state index < -0.39 is 0 Å². The minimum Gasteiger partial charge on any atom is -0.336 e. The molecule has 0 bridgehead atoms. The van der Waals surface area contributed by atoms with E-state index in [4.69, 9.17) is 0 Å². The van der Waals surface area contributed by atoms with Crippen LogP contribution in [-0.4, -0.2) is 26.3 Å². The molecule has 0 saturated heterocycles. The van der Waals surface area contributed by atoms with Crippen LogP contribution in [0.1, 0.15) is 30.9 Å². The number of hydrogen-bond donors (Lipinski definition) is 2. The van der Waals surface area contributed by atoms with Gasteiger partial charge in [0.15, 0.2) is 0 Å². The van der Waals surface area contributed by atoms with Gasteiger partial charge in [0.25, 0.3) is 0 Å². The molecule has 0 amide bonds. The summed E-state index contributed by atoms with van der Waals surface area (Å²) in [6, 6.07) is 2.06. The molecule has 2 aromatic rings. The van der Waals surface area contributed by atoms with Crippen LogP contribution in [0.2, 0.25) is 0 Å². The number of aromatic amines is 1. The number of nitrogens with one attached hydrogen (secondary N) is 2. The number of imidazole rings is 1. The van der Waals surface area contributed by atoms with E-state index >= 15 is 0 Å². The molecule has 2 aromatic heterocycles. The minimum absolute atomic E-state index is 0.0856. The Morgan fingerprint density at radius 2 is 2.38 bits per heavy atom. The highest BCUT2D eigenvalue weighted by Crippen LogP contribution is 2.17. The Hall–Kier alpha value is -1.62. The first-order chi connectivity index (χ1) is 7.83. The number of nitrogens with zero attached hydrogens (tertiary/aromatic N) is 3. The van der Waals surface area contributed by atoms with Gasteiger partial charge in [-0.3, -0.25) is 5.10 Å². The van der Waals surface area contributed by atoms with Gasteiger partial charge in [0.05, 0.1) is 5.69 Å². The molecule has 5 nitrogen and oxygen atoms in total. The fraction of sp³-hybridized carbons (Fsp3) is 0.455. The smallest absolute Gasteiger partial charge is 0.131 e. The molecule has 0 aliphatic carbocycles. The van der Waals surface area contributed by atoms with E-state index in [1.165, 1.54) is 0 Å². The molecule has 0 aliphatic heterocycles. The maximum Gasteiger partial charge on any atom is 0.131 e. The van der Waals surface area contributed by atoms with Gasteiger partial charge in [-0.2, -0.15) is 5.10 Å². The van der Waals surface area contributed by atoms with Crippen molar-refractivity contribution in [3.63, 3.8) is 0 Å². The Balaban J connectivity index is 2.25. The van der Waals surface area contributed by atoms with Crippen LogP contribution in [-0.2, 0) is 7.05 Å². The quantitative estimate of drug-likeness (QED) is 0.795. The Morgan fingerprint density at radius 1 is 1.50 bits per heavy atom. The van der Waals surface area contributed by atoms with Crippen LogP contribution in [0.5, 0.6) is 0 Å². The molecule has 0 saturated carbocycles. The van der Waals surface area contributed by atoms with Crippen molar-refractivity contribution in [3.05, 3.63) is 36.2 Å². The summed E-state index contributed by atoms with van der Waals surface area (Å²) in [4.78, 5) is 4.38. The summed E-state index contributed by atoms with van der Waals surface area (Å²) in [5.74, 6) is 0.998. The Kier molecular flexibility index (Phi) is 3.36. The summed E-state index contributed by atoms with van der Waals surface area (Å²) < 4.78 is 2.02. The van der Waals surface area contributed by atoms with Gasteiger partial charge in [0.2, 0.25) is 0 Å². The number of aromatic nitrogens is 4.